The molecule has 0 aromatic carbocycles. The minimum atomic E-state index is -1.29. The van der Waals surface area contributed by atoms with Crippen LogP contribution in [0.25, 0.3) is 0 Å². The van der Waals surface area contributed by atoms with Gasteiger partial charge in [0.1, 0.15) is 0 Å². The van der Waals surface area contributed by atoms with Gasteiger partial charge in [-0.1, -0.05) is 0 Å². The molecular formula is C10H18N2O5. The summed E-state index contributed by atoms with van der Waals surface area (Å²) in [6, 6.07) is -0.435. The van der Waals surface area contributed by atoms with Gasteiger partial charge >= 0.3 is 12.0 Å². The lowest BCUT2D eigenvalue weighted by atomic mass is 9.99. The molecule has 0 saturated carbocycles. The first-order chi connectivity index (χ1) is 8.02. The quantitative estimate of drug-likeness (QED) is 0.684. The number of nitrogens with one attached hydrogen (secondary N) is 1. The van der Waals surface area contributed by atoms with Gasteiger partial charge in [0.25, 0.3) is 0 Å². The summed E-state index contributed by atoms with van der Waals surface area (Å²) in [4.78, 5) is 24.3. The summed E-state index contributed by atoms with van der Waals surface area (Å²) >= 11 is 0. The number of carbonyl (C=O) groups excluding carboxylic acids is 1. The van der Waals surface area contributed by atoms with Gasteiger partial charge in [-0.2, -0.15) is 0 Å². The Kier molecular flexibility index (Phi) is 4.71. The van der Waals surface area contributed by atoms with Crippen LogP contribution >= 0.6 is 0 Å². The fourth-order valence-electron chi connectivity index (χ4n) is 1.52. The highest BCUT2D eigenvalue weighted by Crippen LogP contribution is 2.19. The smallest absolute Gasteiger partial charge is 0.332 e. The molecule has 7 nitrogen and oxygen atoms in total. The van der Waals surface area contributed by atoms with Crippen molar-refractivity contribution in [1.29, 1.82) is 0 Å². The van der Waals surface area contributed by atoms with Crippen LogP contribution in [0.3, 0.4) is 0 Å². The van der Waals surface area contributed by atoms with Gasteiger partial charge < -0.3 is 24.8 Å². The molecule has 2 amide bonds. The Morgan fingerprint density at radius 2 is 2.29 bits per heavy atom. The van der Waals surface area contributed by atoms with Crippen molar-refractivity contribution in [1.82, 2.24) is 10.2 Å². The predicted molar refractivity (Wildman–Crippen MR) is 58.8 cm³/mol. The van der Waals surface area contributed by atoms with Crippen molar-refractivity contribution in [3.05, 3.63) is 0 Å². The van der Waals surface area contributed by atoms with Crippen LogP contribution in [0.2, 0.25) is 0 Å². The summed E-state index contributed by atoms with van der Waals surface area (Å²) < 4.78 is 9.89. The first-order valence-corrected chi connectivity index (χ1v) is 5.35. The molecule has 0 aromatic rings. The van der Waals surface area contributed by atoms with Crippen molar-refractivity contribution in [2.24, 2.45) is 0 Å². The highest BCUT2D eigenvalue weighted by Gasteiger charge is 2.44. The molecule has 1 rings (SSSR count). The van der Waals surface area contributed by atoms with E-state index in [9.17, 15) is 9.59 Å². The van der Waals surface area contributed by atoms with Crippen LogP contribution in [0, 0.1) is 0 Å². The summed E-state index contributed by atoms with van der Waals surface area (Å²) in [5.74, 6) is -1.07. The Labute approximate surface area is 99.7 Å². The standard InChI is InChI=1S/C10H18N2O5/c1-12(4-6-16-2)9(15)11-10(8(13)14)3-5-17-7-10/h3-7H2,1-2H3,(H,11,15)(H,13,14). The third-order valence-corrected chi connectivity index (χ3v) is 2.75. The summed E-state index contributed by atoms with van der Waals surface area (Å²) in [5, 5.41) is 11.6. The van der Waals surface area contributed by atoms with E-state index >= 15 is 0 Å². The molecule has 1 aliphatic rings. The maximum Gasteiger partial charge on any atom is 0.332 e. The van der Waals surface area contributed by atoms with E-state index in [1.807, 2.05) is 0 Å². The average molecular weight is 246 g/mol. The Balaban J connectivity index is 2.56. The number of amides is 2. The second kappa shape index (κ2) is 5.83. The third kappa shape index (κ3) is 3.31. The zero-order valence-electron chi connectivity index (χ0n) is 10.1. The number of nitrogens with zero attached hydrogens (tertiary/aromatic N) is 1. The zero-order chi connectivity index (χ0) is 12.9. The SMILES string of the molecule is COCCN(C)C(=O)NC1(C(=O)O)CCOC1. The molecule has 0 aromatic heterocycles. The average Bonchev–Trinajstić information content (AvgIpc) is 2.75. The van der Waals surface area contributed by atoms with Crippen molar-refractivity contribution in [3.8, 4) is 0 Å². The number of carboxylic acids is 1. The Bertz CT molecular complexity index is 288. The largest absolute Gasteiger partial charge is 0.479 e. The number of likely N-dealkylation sites (N-methyl/N-ethyl adjacent to an activating group) is 1. The van der Waals surface area contributed by atoms with Crippen LogP contribution in [-0.2, 0) is 14.3 Å². The number of hydrogen-bond acceptors (Lipinski definition) is 4. The van der Waals surface area contributed by atoms with E-state index in [0.717, 1.165) is 0 Å². The topological polar surface area (TPSA) is 88.1 Å². The Hall–Kier alpha value is -1.34. The van der Waals surface area contributed by atoms with Crippen LogP contribution in [0.5, 0.6) is 0 Å². The van der Waals surface area contributed by atoms with E-state index in [1.54, 1.807) is 7.05 Å². The molecule has 0 aliphatic carbocycles. The van der Waals surface area contributed by atoms with Gasteiger partial charge in [-0.25, -0.2) is 9.59 Å². The fourth-order valence-corrected chi connectivity index (χ4v) is 1.52. The lowest BCUT2D eigenvalue weighted by Gasteiger charge is -2.27. The lowest BCUT2D eigenvalue weighted by molar-refractivity contribution is -0.144. The van der Waals surface area contributed by atoms with Gasteiger partial charge in [-0.05, 0) is 0 Å². The minimum Gasteiger partial charge on any atom is -0.479 e. The van der Waals surface area contributed by atoms with Gasteiger partial charge in [0.2, 0.25) is 0 Å². The summed E-state index contributed by atoms with van der Waals surface area (Å²) in [5.41, 5.74) is -1.29. The monoisotopic (exact) mass is 246 g/mol. The third-order valence-electron chi connectivity index (χ3n) is 2.75. The number of ether oxygens (including phenoxy) is 2. The first-order valence-electron chi connectivity index (χ1n) is 5.35. The normalized spacial score (nSPS) is 23.4. The molecule has 1 fully saturated rings. The fraction of sp³-hybridized carbons (Fsp3) is 0.800. The maximum atomic E-state index is 11.8. The summed E-state index contributed by atoms with van der Waals surface area (Å²) in [7, 11) is 3.12. The predicted octanol–water partition coefficient (Wildman–Crippen LogP) is -0.482. The van der Waals surface area contributed by atoms with Crippen LogP contribution < -0.4 is 5.32 Å². The van der Waals surface area contributed by atoms with Gasteiger partial charge in [-0.3, -0.25) is 0 Å². The van der Waals surface area contributed by atoms with Crippen molar-refractivity contribution in [3.63, 3.8) is 0 Å². The second-order valence-corrected chi connectivity index (χ2v) is 4.03. The highest BCUT2D eigenvalue weighted by atomic mass is 16.5. The number of carboxylic acid groups (broad SMARTS) is 1. The number of urea groups is 1. The van der Waals surface area contributed by atoms with Crippen LogP contribution in [0.1, 0.15) is 6.42 Å². The summed E-state index contributed by atoms with van der Waals surface area (Å²) in [6.07, 6.45) is 0.284. The first kappa shape index (κ1) is 13.7. The number of hydrogen-bond donors (Lipinski definition) is 2. The summed E-state index contributed by atoms with van der Waals surface area (Å²) in [6.45, 7) is 1.15. The molecule has 0 bridgehead atoms. The number of carbonyl (C=O) groups is 2. The Morgan fingerprint density at radius 1 is 1.59 bits per heavy atom. The molecule has 1 aliphatic heterocycles. The van der Waals surface area contributed by atoms with E-state index in [2.05, 4.69) is 5.32 Å². The van der Waals surface area contributed by atoms with Crippen LogP contribution in [-0.4, -0.2) is 68.1 Å². The van der Waals surface area contributed by atoms with Crippen molar-refractivity contribution in [2.75, 3.05) is 40.5 Å². The Morgan fingerprint density at radius 3 is 2.76 bits per heavy atom. The van der Waals surface area contributed by atoms with Crippen molar-refractivity contribution >= 4 is 12.0 Å². The van der Waals surface area contributed by atoms with Gasteiger partial charge in [-0.15, -0.1) is 0 Å². The van der Waals surface area contributed by atoms with E-state index in [0.29, 0.717) is 19.8 Å². The lowest BCUT2D eigenvalue weighted by Crippen LogP contribution is -2.58. The molecule has 17 heavy (non-hydrogen) atoms. The van der Waals surface area contributed by atoms with Gasteiger partial charge in [0.15, 0.2) is 5.54 Å². The maximum absolute atomic E-state index is 11.8. The van der Waals surface area contributed by atoms with Crippen molar-refractivity contribution < 1.29 is 24.2 Å². The van der Waals surface area contributed by atoms with Gasteiger partial charge in [0, 0.05) is 33.7 Å². The number of methoxy groups -OCH3 is 1. The number of aliphatic carboxylic acids is 1. The molecule has 1 atom stereocenters. The van der Waals surface area contributed by atoms with Crippen molar-refractivity contribution in [2.45, 2.75) is 12.0 Å². The van der Waals surface area contributed by atoms with E-state index in [4.69, 9.17) is 14.6 Å². The molecule has 0 spiro atoms. The number of rotatable bonds is 5. The second-order valence-electron chi connectivity index (χ2n) is 4.03. The molecule has 98 valence electrons. The van der Waals surface area contributed by atoms with Crippen LogP contribution in [0.15, 0.2) is 0 Å². The highest BCUT2D eigenvalue weighted by molar-refractivity contribution is 5.86. The molecule has 1 unspecified atom stereocenters. The molecule has 1 saturated heterocycles. The molecular weight excluding hydrogens is 228 g/mol. The van der Waals surface area contributed by atoms with E-state index < -0.39 is 17.5 Å². The van der Waals surface area contributed by atoms with E-state index in [1.165, 1.54) is 12.0 Å². The van der Waals surface area contributed by atoms with E-state index in [-0.39, 0.29) is 13.0 Å². The molecule has 2 N–H and O–H groups in total. The zero-order valence-corrected chi connectivity index (χ0v) is 10.1. The van der Waals surface area contributed by atoms with Crippen LogP contribution in [0.4, 0.5) is 4.79 Å². The molecule has 1 heterocycles. The molecule has 7 heteroatoms. The van der Waals surface area contributed by atoms with Gasteiger partial charge in [0.05, 0.1) is 13.2 Å². The molecule has 0 radical (unpaired) electrons. The minimum absolute atomic E-state index is 0.00614.